The Morgan fingerprint density at radius 1 is 1.00 bits per heavy atom. The second-order valence-electron chi connectivity index (χ2n) is 4.32. The maximum Gasteiger partial charge on any atom is 0.253 e. The van der Waals surface area contributed by atoms with E-state index in [0.29, 0.717) is 13.0 Å². The lowest BCUT2D eigenvalue weighted by Gasteiger charge is -2.12. The van der Waals surface area contributed by atoms with Crippen molar-refractivity contribution in [3.05, 3.63) is 12.2 Å². The summed E-state index contributed by atoms with van der Waals surface area (Å²) in [5, 5.41) is 2.81. The van der Waals surface area contributed by atoms with Gasteiger partial charge in [0.05, 0.1) is 0 Å². The lowest BCUT2D eigenvalue weighted by atomic mass is 10.2. The second-order valence-corrected chi connectivity index (χ2v) is 4.32. The highest BCUT2D eigenvalue weighted by molar-refractivity contribution is 6.12. The Hall–Kier alpha value is -1.65. The van der Waals surface area contributed by atoms with Crippen LogP contribution in [0.1, 0.15) is 66.7 Å². The van der Waals surface area contributed by atoms with Crippen molar-refractivity contribution in [3.8, 4) is 0 Å². The first-order chi connectivity index (χ1) is 10.6. The van der Waals surface area contributed by atoms with Gasteiger partial charge in [-0.25, -0.2) is 0 Å². The molecule has 0 atom stereocenters. The van der Waals surface area contributed by atoms with Crippen molar-refractivity contribution in [2.24, 2.45) is 0 Å². The number of nitrogens with zero attached hydrogens (tertiary/aromatic N) is 1. The van der Waals surface area contributed by atoms with Crippen LogP contribution in [-0.4, -0.2) is 35.7 Å². The molecule has 0 radical (unpaired) electrons. The maximum absolute atomic E-state index is 11.3. The van der Waals surface area contributed by atoms with Crippen LogP contribution in [0.25, 0.3) is 0 Å². The molecular formula is C17H32N2O3. The highest BCUT2D eigenvalue weighted by Gasteiger charge is 2.22. The first-order valence-corrected chi connectivity index (χ1v) is 8.45. The third-order valence-electron chi connectivity index (χ3n) is 2.76. The van der Waals surface area contributed by atoms with E-state index in [-0.39, 0.29) is 17.7 Å². The smallest absolute Gasteiger partial charge is 0.253 e. The highest BCUT2D eigenvalue weighted by Crippen LogP contribution is 2.07. The summed E-state index contributed by atoms with van der Waals surface area (Å²) in [6.07, 6.45) is 6.43. The van der Waals surface area contributed by atoms with Crippen LogP contribution in [0, 0.1) is 0 Å². The van der Waals surface area contributed by atoms with Crippen LogP contribution in [0.4, 0.5) is 0 Å². The summed E-state index contributed by atoms with van der Waals surface area (Å²) in [7, 11) is 0. The molecule has 1 N–H and O–H groups in total. The molecule has 5 heteroatoms. The molecule has 22 heavy (non-hydrogen) atoms. The SMILES string of the molecule is CC.CC.CCCNC(=O)CCCCCN1C(=O)C=CC1=O. The number of carbonyl (C=O) groups excluding carboxylic acids is 3. The van der Waals surface area contributed by atoms with E-state index in [4.69, 9.17) is 0 Å². The fraction of sp³-hybridized carbons (Fsp3) is 0.706. The molecule has 0 fully saturated rings. The fourth-order valence-electron chi connectivity index (χ4n) is 1.74. The number of hydrogen-bond acceptors (Lipinski definition) is 3. The molecule has 1 heterocycles. The number of nitrogens with one attached hydrogen (secondary N) is 1. The minimum atomic E-state index is -0.235. The number of imide groups is 1. The molecule has 0 bridgehead atoms. The van der Waals surface area contributed by atoms with Crippen LogP contribution in [0.3, 0.4) is 0 Å². The average Bonchev–Trinajstić information content (AvgIpc) is 2.88. The van der Waals surface area contributed by atoms with E-state index in [1.807, 2.05) is 34.6 Å². The van der Waals surface area contributed by atoms with Gasteiger partial charge in [0.2, 0.25) is 5.91 Å². The molecule has 3 amide bonds. The van der Waals surface area contributed by atoms with Crippen LogP contribution in [0.5, 0.6) is 0 Å². The molecule has 0 unspecified atom stereocenters. The molecular weight excluding hydrogens is 280 g/mol. The minimum absolute atomic E-state index is 0.0758. The van der Waals surface area contributed by atoms with E-state index >= 15 is 0 Å². The summed E-state index contributed by atoms with van der Waals surface area (Å²) in [5.74, 6) is -0.395. The predicted octanol–water partition coefficient (Wildman–Crippen LogP) is 3.05. The van der Waals surface area contributed by atoms with Crippen LogP contribution < -0.4 is 5.32 Å². The summed E-state index contributed by atoms with van der Waals surface area (Å²) >= 11 is 0. The van der Waals surface area contributed by atoms with Gasteiger partial charge in [0.1, 0.15) is 0 Å². The average molecular weight is 312 g/mol. The molecule has 0 aromatic rings. The van der Waals surface area contributed by atoms with Gasteiger partial charge >= 0.3 is 0 Å². The highest BCUT2D eigenvalue weighted by atomic mass is 16.2. The molecule has 0 aromatic carbocycles. The number of amides is 3. The Balaban J connectivity index is 0. The van der Waals surface area contributed by atoms with Crippen LogP contribution in [-0.2, 0) is 14.4 Å². The van der Waals surface area contributed by atoms with Crippen LogP contribution in [0.2, 0.25) is 0 Å². The summed E-state index contributed by atoms with van der Waals surface area (Å²) in [4.78, 5) is 35.0. The molecule has 1 aliphatic heterocycles. The number of carbonyl (C=O) groups is 3. The topological polar surface area (TPSA) is 66.5 Å². The molecule has 1 rings (SSSR count). The number of unbranched alkanes of at least 4 members (excludes halogenated alkanes) is 2. The molecule has 0 saturated heterocycles. The monoisotopic (exact) mass is 312 g/mol. The van der Waals surface area contributed by atoms with Crippen molar-refractivity contribution in [1.82, 2.24) is 10.2 Å². The Kier molecular flexibility index (Phi) is 16.2. The van der Waals surface area contributed by atoms with Gasteiger partial charge in [0.25, 0.3) is 11.8 Å². The van der Waals surface area contributed by atoms with Crippen LogP contribution in [0.15, 0.2) is 12.2 Å². The van der Waals surface area contributed by atoms with Gasteiger partial charge in [-0.2, -0.15) is 0 Å². The zero-order valence-electron chi connectivity index (χ0n) is 14.8. The van der Waals surface area contributed by atoms with E-state index in [9.17, 15) is 14.4 Å². The molecule has 128 valence electrons. The molecule has 1 aliphatic rings. The maximum atomic E-state index is 11.3. The number of rotatable bonds is 8. The van der Waals surface area contributed by atoms with Crippen molar-refractivity contribution >= 4 is 17.7 Å². The van der Waals surface area contributed by atoms with E-state index in [0.717, 1.165) is 32.2 Å². The Bertz CT molecular complexity index is 334. The number of hydrogen-bond donors (Lipinski definition) is 1. The zero-order valence-corrected chi connectivity index (χ0v) is 14.8. The lowest BCUT2D eigenvalue weighted by Crippen LogP contribution is -2.30. The molecule has 0 aliphatic carbocycles. The Morgan fingerprint density at radius 3 is 2.05 bits per heavy atom. The molecule has 5 nitrogen and oxygen atoms in total. The van der Waals surface area contributed by atoms with E-state index in [1.54, 1.807) is 0 Å². The van der Waals surface area contributed by atoms with E-state index < -0.39 is 0 Å². The second kappa shape index (κ2) is 15.7. The van der Waals surface area contributed by atoms with E-state index in [1.165, 1.54) is 17.1 Å². The summed E-state index contributed by atoms with van der Waals surface area (Å²) in [6.45, 7) is 11.2. The summed E-state index contributed by atoms with van der Waals surface area (Å²) in [6, 6.07) is 0. The van der Waals surface area contributed by atoms with Gasteiger partial charge in [-0.3, -0.25) is 19.3 Å². The van der Waals surface area contributed by atoms with Gasteiger partial charge in [0, 0.05) is 31.7 Å². The minimum Gasteiger partial charge on any atom is -0.356 e. The quantitative estimate of drug-likeness (QED) is 0.553. The Labute approximate surface area is 135 Å². The zero-order chi connectivity index (χ0) is 17.4. The van der Waals surface area contributed by atoms with Gasteiger partial charge in [-0.1, -0.05) is 41.0 Å². The van der Waals surface area contributed by atoms with Gasteiger partial charge in [-0.15, -0.1) is 0 Å². The standard InChI is InChI=1S/C13H20N2O3.2C2H6/c1-2-9-14-11(16)6-4-3-5-10-15-12(17)7-8-13(15)18;2*1-2/h7-8H,2-6,9-10H2,1H3,(H,14,16);2*1-2H3. The van der Waals surface area contributed by atoms with Crippen molar-refractivity contribution in [2.75, 3.05) is 13.1 Å². The largest absolute Gasteiger partial charge is 0.356 e. The summed E-state index contributed by atoms with van der Waals surface area (Å²) < 4.78 is 0. The fourth-order valence-corrected chi connectivity index (χ4v) is 1.74. The van der Waals surface area contributed by atoms with Gasteiger partial charge in [0.15, 0.2) is 0 Å². The Morgan fingerprint density at radius 2 is 1.55 bits per heavy atom. The van der Waals surface area contributed by atoms with Crippen LogP contribution >= 0.6 is 0 Å². The van der Waals surface area contributed by atoms with Crippen molar-refractivity contribution in [1.29, 1.82) is 0 Å². The van der Waals surface area contributed by atoms with Gasteiger partial charge in [-0.05, 0) is 19.3 Å². The van der Waals surface area contributed by atoms with Crippen molar-refractivity contribution in [3.63, 3.8) is 0 Å². The van der Waals surface area contributed by atoms with Gasteiger partial charge < -0.3 is 5.32 Å². The molecule has 0 aromatic heterocycles. The first-order valence-electron chi connectivity index (χ1n) is 8.45. The first kappa shape index (κ1) is 22.6. The normalized spacial score (nSPS) is 12.3. The third kappa shape index (κ3) is 10.1. The molecule has 0 saturated carbocycles. The van der Waals surface area contributed by atoms with E-state index in [2.05, 4.69) is 5.32 Å². The lowest BCUT2D eigenvalue weighted by molar-refractivity contribution is -0.136. The third-order valence-corrected chi connectivity index (χ3v) is 2.76. The summed E-state index contributed by atoms with van der Waals surface area (Å²) in [5.41, 5.74) is 0. The predicted molar refractivity (Wildman–Crippen MR) is 90.3 cm³/mol. The van der Waals surface area contributed by atoms with Crippen molar-refractivity contribution in [2.45, 2.75) is 66.7 Å². The molecule has 0 spiro atoms. The van der Waals surface area contributed by atoms with Crippen molar-refractivity contribution < 1.29 is 14.4 Å².